The normalized spacial score (nSPS) is 16.7. The van der Waals surface area contributed by atoms with Crippen LogP contribution in [0.2, 0.25) is 10.0 Å². The Morgan fingerprint density at radius 1 is 1.19 bits per heavy atom. The first-order valence-corrected chi connectivity index (χ1v) is 9.03. The Balaban J connectivity index is 1.70. The minimum Gasteiger partial charge on any atom is -0.494 e. The van der Waals surface area contributed by atoms with Crippen LogP contribution in [0.1, 0.15) is 13.3 Å². The van der Waals surface area contributed by atoms with Crippen molar-refractivity contribution in [2.45, 2.75) is 13.3 Å². The Morgan fingerprint density at radius 3 is 2.46 bits per heavy atom. The van der Waals surface area contributed by atoms with E-state index in [1.54, 1.807) is 23.1 Å². The third-order valence-corrected chi connectivity index (χ3v) is 4.80. The lowest BCUT2D eigenvalue weighted by Gasteiger charge is -2.17. The zero-order chi connectivity index (χ0) is 18.7. The molecule has 136 valence electrons. The van der Waals surface area contributed by atoms with E-state index in [1.165, 1.54) is 0 Å². The third-order valence-electron chi connectivity index (χ3n) is 4.17. The molecule has 0 bridgehead atoms. The zero-order valence-electron chi connectivity index (χ0n) is 14.2. The molecule has 1 saturated heterocycles. The monoisotopic (exact) mass is 392 g/mol. The number of ether oxygens (including phenoxy) is 1. The Morgan fingerprint density at radius 2 is 1.85 bits per heavy atom. The fourth-order valence-corrected chi connectivity index (χ4v) is 3.36. The van der Waals surface area contributed by atoms with Crippen LogP contribution < -0.4 is 15.0 Å². The second kappa shape index (κ2) is 7.98. The number of nitrogens with one attached hydrogen (secondary N) is 1. The van der Waals surface area contributed by atoms with E-state index in [0.29, 0.717) is 28.9 Å². The number of hydrogen-bond donors (Lipinski definition) is 1. The maximum Gasteiger partial charge on any atom is 0.229 e. The van der Waals surface area contributed by atoms with Crippen molar-refractivity contribution in [2.75, 3.05) is 23.4 Å². The molecule has 7 heteroatoms. The SMILES string of the molecule is CCOc1ccc(N2CC(C(=O)Nc3c(Cl)cccc3Cl)CC2=O)cc1. The average molecular weight is 393 g/mol. The van der Waals surface area contributed by atoms with Crippen molar-refractivity contribution in [1.29, 1.82) is 0 Å². The highest BCUT2D eigenvalue weighted by Crippen LogP contribution is 2.32. The summed E-state index contributed by atoms with van der Waals surface area (Å²) in [5.74, 6) is -0.103. The van der Waals surface area contributed by atoms with Crippen LogP contribution in [0.5, 0.6) is 5.75 Å². The van der Waals surface area contributed by atoms with Crippen LogP contribution in [0.4, 0.5) is 11.4 Å². The molecule has 1 unspecified atom stereocenters. The van der Waals surface area contributed by atoms with Gasteiger partial charge in [0, 0.05) is 18.7 Å². The first-order valence-electron chi connectivity index (χ1n) is 8.27. The van der Waals surface area contributed by atoms with Gasteiger partial charge in [-0.1, -0.05) is 29.3 Å². The molecule has 26 heavy (non-hydrogen) atoms. The summed E-state index contributed by atoms with van der Waals surface area (Å²) in [6, 6.07) is 12.2. The van der Waals surface area contributed by atoms with Crippen molar-refractivity contribution >= 4 is 46.4 Å². The van der Waals surface area contributed by atoms with E-state index in [4.69, 9.17) is 27.9 Å². The molecule has 1 N–H and O–H groups in total. The number of carbonyl (C=O) groups is 2. The number of amides is 2. The van der Waals surface area contributed by atoms with Crippen LogP contribution in [0.15, 0.2) is 42.5 Å². The van der Waals surface area contributed by atoms with Gasteiger partial charge in [-0.25, -0.2) is 0 Å². The van der Waals surface area contributed by atoms with Gasteiger partial charge in [0.2, 0.25) is 11.8 Å². The van der Waals surface area contributed by atoms with E-state index in [2.05, 4.69) is 5.32 Å². The summed E-state index contributed by atoms with van der Waals surface area (Å²) in [7, 11) is 0. The zero-order valence-corrected chi connectivity index (χ0v) is 15.7. The number of nitrogens with zero attached hydrogens (tertiary/aromatic N) is 1. The van der Waals surface area contributed by atoms with Crippen molar-refractivity contribution in [2.24, 2.45) is 5.92 Å². The fourth-order valence-electron chi connectivity index (χ4n) is 2.86. The van der Waals surface area contributed by atoms with Crippen LogP contribution in [0.3, 0.4) is 0 Å². The first-order chi connectivity index (χ1) is 12.5. The molecule has 1 aliphatic heterocycles. The van der Waals surface area contributed by atoms with Crippen molar-refractivity contribution in [1.82, 2.24) is 0 Å². The van der Waals surface area contributed by atoms with Gasteiger partial charge in [0.25, 0.3) is 0 Å². The number of rotatable bonds is 5. The van der Waals surface area contributed by atoms with Gasteiger partial charge in [0.15, 0.2) is 0 Å². The number of carbonyl (C=O) groups excluding carboxylic acids is 2. The van der Waals surface area contributed by atoms with Gasteiger partial charge in [-0.05, 0) is 43.3 Å². The summed E-state index contributed by atoms with van der Waals surface area (Å²) in [5, 5.41) is 3.46. The predicted molar refractivity (Wildman–Crippen MR) is 103 cm³/mol. The molecule has 2 amide bonds. The smallest absolute Gasteiger partial charge is 0.229 e. The van der Waals surface area contributed by atoms with Crippen LogP contribution in [-0.4, -0.2) is 25.0 Å². The lowest BCUT2D eigenvalue weighted by molar-refractivity contribution is -0.122. The van der Waals surface area contributed by atoms with Gasteiger partial charge in [-0.2, -0.15) is 0 Å². The molecule has 0 radical (unpaired) electrons. The predicted octanol–water partition coefficient (Wildman–Crippen LogP) is 4.38. The Bertz CT molecular complexity index is 804. The van der Waals surface area contributed by atoms with Crippen molar-refractivity contribution in [3.05, 3.63) is 52.5 Å². The Labute approximate surface area is 161 Å². The second-order valence-electron chi connectivity index (χ2n) is 5.92. The maximum absolute atomic E-state index is 12.6. The summed E-state index contributed by atoms with van der Waals surface area (Å²) >= 11 is 12.2. The van der Waals surface area contributed by atoms with E-state index in [-0.39, 0.29) is 18.2 Å². The van der Waals surface area contributed by atoms with Crippen LogP contribution in [-0.2, 0) is 9.59 Å². The summed E-state index contributed by atoms with van der Waals surface area (Å²) in [6.07, 6.45) is 0.140. The summed E-state index contributed by atoms with van der Waals surface area (Å²) in [4.78, 5) is 26.5. The second-order valence-corrected chi connectivity index (χ2v) is 6.73. The van der Waals surface area contributed by atoms with Gasteiger partial charge in [0.05, 0.1) is 28.3 Å². The number of benzene rings is 2. The van der Waals surface area contributed by atoms with Crippen molar-refractivity contribution in [3.63, 3.8) is 0 Å². The van der Waals surface area contributed by atoms with E-state index < -0.39 is 5.92 Å². The van der Waals surface area contributed by atoms with E-state index in [9.17, 15) is 9.59 Å². The Hall–Kier alpha value is -2.24. The van der Waals surface area contributed by atoms with Crippen molar-refractivity contribution in [3.8, 4) is 5.75 Å². The molecule has 1 fully saturated rings. The molecule has 2 aromatic rings. The van der Waals surface area contributed by atoms with E-state index >= 15 is 0 Å². The number of halogens is 2. The van der Waals surface area contributed by atoms with Crippen LogP contribution in [0, 0.1) is 5.92 Å². The maximum atomic E-state index is 12.6. The van der Waals surface area contributed by atoms with Crippen LogP contribution >= 0.6 is 23.2 Å². The first kappa shape index (κ1) is 18.5. The summed E-state index contributed by atoms with van der Waals surface area (Å²) < 4.78 is 5.41. The van der Waals surface area contributed by atoms with E-state index in [1.807, 2.05) is 31.2 Å². The molecule has 2 aromatic carbocycles. The molecule has 5 nitrogen and oxygen atoms in total. The molecular formula is C19H18Cl2N2O3. The van der Waals surface area contributed by atoms with Crippen LogP contribution in [0.25, 0.3) is 0 Å². The van der Waals surface area contributed by atoms with Gasteiger partial charge in [-0.15, -0.1) is 0 Å². The van der Waals surface area contributed by atoms with Gasteiger partial charge >= 0.3 is 0 Å². The lowest BCUT2D eigenvalue weighted by Crippen LogP contribution is -2.28. The van der Waals surface area contributed by atoms with Gasteiger partial charge in [0.1, 0.15) is 5.75 Å². The van der Waals surface area contributed by atoms with E-state index in [0.717, 1.165) is 11.4 Å². The minimum atomic E-state index is -0.471. The molecule has 1 atom stereocenters. The third kappa shape index (κ3) is 3.94. The summed E-state index contributed by atoms with van der Waals surface area (Å²) in [5.41, 5.74) is 1.11. The largest absolute Gasteiger partial charge is 0.494 e. The van der Waals surface area contributed by atoms with Gasteiger partial charge in [-0.3, -0.25) is 9.59 Å². The topological polar surface area (TPSA) is 58.6 Å². The number of hydrogen-bond acceptors (Lipinski definition) is 3. The molecule has 3 rings (SSSR count). The highest BCUT2D eigenvalue weighted by molar-refractivity contribution is 6.39. The summed E-state index contributed by atoms with van der Waals surface area (Å²) in [6.45, 7) is 2.79. The molecule has 0 aliphatic carbocycles. The molecule has 1 heterocycles. The lowest BCUT2D eigenvalue weighted by atomic mass is 10.1. The van der Waals surface area contributed by atoms with Gasteiger partial charge < -0.3 is 15.0 Å². The Kier molecular flexibility index (Phi) is 5.69. The highest BCUT2D eigenvalue weighted by atomic mass is 35.5. The molecule has 0 spiro atoms. The fraction of sp³-hybridized carbons (Fsp3) is 0.263. The number of anilines is 2. The van der Waals surface area contributed by atoms with Crippen molar-refractivity contribution < 1.29 is 14.3 Å². The standard InChI is InChI=1S/C19H18Cl2N2O3/c1-2-26-14-8-6-13(7-9-14)23-11-12(10-17(23)24)19(25)22-18-15(20)4-3-5-16(18)21/h3-9,12H,2,10-11H2,1H3,(H,22,25). The molecule has 0 saturated carbocycles. The average Bonchev–Trinajstić information content (AvgIpc) is 3.01. The highest BCUT2D eigenvalue weighted by Gasteiger charge is 2.35. The molecular weight excluding hydrogens is 375 g/mol. The number of para-hydroxylation sites is 1. The quantitative estimate of drug-likeness (QED) is 0.820. The minimum absolute atomic E-state index is 0.0976. The molecule has 1 aliphatic rings. The molecule has 0 aromatic heterocycles.